The van der Waals surface area contributed by atoms with Gasteiger partial charge >= 0.3 is 0 Å². The van der Waals surface area contributed by atoms with E-state index in [4.69, 9.17) is 10.8 Å². The monoisotopic (exact) mass is 221 g/mol. The molecule has 2 atom stereocenters. The summed E-state index contributed by atoms with van der Waals surface area (Å²) in [5.41, 5.74) is 5.93. The Kier molecular flexibility index (Phi) is 1.78. The normalized spacial score (nSPS) is 23.8. The second-order valence-electron chi connectivity index (χ2n) is 4.02. The van der Waals surface area contributed by atoms with E-state index in [9.17, 15) is 4.79 Å². The SMILES string of the molecule is Nc1nc2c(ncn2C2CC2CO)c(=O)[nH]1. The maximum absolute atomic E-state index is 11.5. The molecule has 0 amide bonds. The van der Waals surface area contributed by atoms with Gasteiger partial charge in [0.1, 0.15) is 0 Å². The third-order valence-electron chi connectivity index (χ3n) is 2.93. The van der Waals surface area contributed by atoms with Crippen LogP contribution in [0.4, 0.5) is 5.95 Å². The van der Waals surface area contributed by atoms with Crippen LogP contribution < -0.4 is 11.3 Å². The zero-order valence-corrected chi connectivity index (χ0v) is 8.42. The molecule has 0 saturated heterocycles. The molecule has 0 radical (unpaired) electrons. The van der Waals surface area contributed by atoms with Gasteiger partial charge in [-0.2, -0.15) is 4.98 Å². The van der Waals surface area contributed by atoms with Gasteiger partial charge in [0, 0.05) is 18.6 Å². The summed E-state index contributed by atoms with van der Waals surface area (Å²) in [7, 11) is 0. The minimum absolute atomic E-state index is 0.0837. The van der Waals surface area contributed by atoms with E-state index in [2.05, 4.69) is 15.0 Å². The van der Waals surface area contributed by atoms with Gasteiger partial charge in [-0.25, -0.2) is 4.98 Å². The van der Waals surface area contributed by atoms with Crippen molar-refractivity contribution in [3.63, 3.8) is 0 Å². The molecule has 0 bridgehead atoms. The zero-order chi connectivity index (χ0) is 11.3. The van der Waals surface area contributed by atoms with Crippen molar-refractivity contribution in [3.05, 3.63) is 16.7 Å². The number of aromatic nitrogens is 4. The fraction of sp³-hybridized carbons (Fsp3) is 0.444. The number of nitrogens with two attached hydrogens (primary N) is 1. The van der Waals surface area contributed by atoms with Gasteiger partial charge < -0.3 is 15.4 Å². The Morgan fingerprint density at radius 1 is 1.69 bits per heavy atom. The maximum atomic E-state index is 11.5. The summed E-state index contributed by atoms with van der Waals surface area (Å²) in [5, 5.41) is 9.01. The molecule has 4 N–H and O–H groups in total. The lowest BCUT2D eigenvalue weighted by Gasteiger charge is -2.01. The van der Waals surface area contributed by atoms with Crippen LogP contribution in [0.3, 0.4) is 0 Å². The van der Waals surface area contributed by atoms with Crippen LogP contribution in [0.5, 0.6) is 0 Å². The summed E-state index contributed by atoms with van der Waals surface area (Å²) in [6.07, 6.45) is 2.46. The van der Waals surface area contributed by atoms with Crippen molar-refractivity contribution in [1.82, 2.24) is 19.5 Å². The fourth-order valence-corrected chi connectivity index (χ4v) is 1.95. The first-order chi connectivity index (χ1) is 7.70. The van der Waals surface area contributed by atoms with Crippen LogP contribution in [0.15, 0.2) is 11.1 Å². The van der Waals surface area contributed by atoms with E-state index in [1.165, 1.54) is 0 Å². The first-order valence-corrected chi connectivity index (χ1v) is 5.04. The Labute approximate surface area is 89.9 Å². The summed E-state index contributed by atoms with van der Waals surface area (Å²) in [4.78, 5) is 22.0. The maximum Gasteiger partial charge on any atom is 0.280 e. The summed E-state index contributed by atoms with van der Waals surface area (Å²) >= 11 is 0. The number of imidazole rings is 1. The van der Waals surface area contributed by atoms with Gasteiger partial charge in [-0.3, -0.25) is 9.78 Å². The summed E-state index contributed by atoms with van der Waals surface area (Å²) in [6.45, 7) is 0.142. The Balaban J connectivity index is 2.17. The van der Waals surface area contributed by atoms with Gasteiger partial charge in [0.25, 0.3) is 5.56 Å². The lowest BCUT2D eigenvalue weighted by atomic mass is 10.4. The molecule has 1 fully saturated rings. The van der Waals surface area contributed by atoms with E-state index in [0.29, 0.717) is 5.65 Å². The first-order valence-electron chi connectivity index (χ1n) is 5.04. The van der Waals surface area contributed by atoms with E-state index in [0.717, 1.165) is 6.42 Å². The summed E-state index contributed by atoms with van der Waals surface area (Å²) in [5.74, 6) is 0.320. The molecule has 0 aromatic carbocycles. The van der Waals surface area contributed by atoms with Crippen LogP contribution in [0.2, 0.25) is 0 Å². The Morgan fingerprint density at radius 3 is 3.19 bits per heavy atom. The largest absolute Gasteiger partial charge is 0.396 e. The average Bonchev–Trinajstić information content (AvgIpc) is 2.91. The number of hydrogen-bond donors (Lipinski definition) is 3. The molecule has 1 aliphatic rings. The van der Waals surface area contributed by atoms with Crippen molar-refractivity contribution in [1.29, 1.82) is 0 Å². The number of aromatic amines is 1. The quantitative estimate of drug-likeness (QED) is 0.618. The van der Waals surface area contributed by atoms with Crippen LogP contribution >= 0.6 is 0 Å². The fourth-order valence-electron chi connectivity index (χ4n) is 1.95. The summed E-state index contributed by atoms with van der Waals surface area (Å²) < 4.78 is 1.81. The zero-order valence-electron chi connectivity index (χ0n) is 8.42. The minimum atomic E-state index is -0.331. The number of nitrogens with zero attached hydrogens (tertiary/aromatic N) is 3. The number of hydrogen-bond acceptors (Lipinski definition) is 5. The lowest BCUT2D eigenvalue weighted by molar-refractivity contribution is 0.269. The third kappa shape index (κ3) is 1.21. The number of H-pyrrole nitrogens is 1. The Bertz CT molecular complexity index is 601. The van der Waals surface area contributed by atoms with E-state index in [1.54, 1.807) is 6.33 Å². The van der Waals surface area contributed by atoms with Gasteiger partial charge in [-0.05, 0) is 6.42 Å². The van der Waals surface area contributed by atoms with Gasteiger partial charge in [-0.15, -0.1) is 0 Å². The van der Waals surface area contributed by atoms with Crippen LogP contribution in [0, 0.1) is 5.92 Å². The molecule has 2 unspecified atom stereocenters. The molecule has 2 heterocycles. The number of nitrogen functional groups attached to an aromatic ring is 1. The van der Waals surface area contributed by atoms with E-state index >= 15 is 0 Å². The number of aliphatic hydroxyl groups is 1. The second kappa shape index (κ2) is 3.05. The van der Waals surface area contributed by atoms with E-state index < -0.39 is 0 Å². The molecule has 2 aromatic rings. The first kappa shape index (κ1) is 9.34. The molecule has 0 aliphatic heterocycles. The molecule has 0 spiro atoms. The lowest BCUT2D eigenvalue weighted by Crippen LogP contribution is -2.12. The minimum Gasteiger partial charge on any atom is -0.396 e. The molecule has 84 valence electrons. The summed E-state index contributed by atoms with van der Waals surface area (Å²) in [6, 6.07) is 0.184. The molecule has 1 saturated carbocycles. The Hall–Kier alpha value is -1.89. The molecular weight excluding hydrogens is 210 g/mol. The predicted molar refractivity (Wildman–Crippen MR) is 56.8 cm³/mol. The predicted octanol–water partition coefficient (Wildman–Crippen LogP) is -0.745. The van der Waals surface area contributed by atoms with Gasteiger partial charge in [0.15, 0.2) is 11.2 Å². The van der Waals surface area contributed by atoms with E-state index in [1.807, 2.05) is 4.57 Å². The van der Waals surface area contributed by atoms with Crippen molar-refractivity contribution in [2.24, 2.45) is 5.92 Å². The number of aliphatic hydroxyl groups excluding tert-OH is 1. The van der Waals surface area contributed by atoms with Gasteiger partial charge in [0.05, 0.1) is 6.33 Å². The molecule has 16 heavy (non-hydrogen) atoms. The van der Waals surface area contributed by atoms with Crippen LogP contribution in [0.25, 0.3) is 11.2 Å². The van der Waals surface area contributed by atoms with Crippen LogP contribution in [-0.4, -0.2) is 31.2 Å². The molecular formula is C9H11N5O2. The van der Waals surface area contributed by atoms with Gasteiger partial charge in [0.2, 0.25) is 5.95 Å². The molecule has 7 nitrogen and oxygen atoms in total. The topological polar surface area (TPSA) is 110 Å². The highest BCUT2D eigenvalue weighted by atomic mass is 16.3. The average molecular weight is 221 g/mol. The van der Waals surface area contributed by atoms with Crippen molar-refractivity contribution >= 4 is 17.1 Å². The highest BCUT2D eigenvalue weighted by molar-refractivity contribution is 5.70. The molecule has 1 aliphatic carbocycles. The highest BCUT2D eigenvalue weighted by Gasteiger charge is 2.39. The number of fused-ring (bicyclic) bond motifs is 1. The van der Waals surface area contributed by atoms with Crippen molar-refractivity contribution in [2.45, 2.75) is 12.5 Å². The molecule has 3 rings (SSSR count). The second-order valence-corrected chi connectivity index (χ2v) is 4.02. The van der Waals surface area contributed by atoms with Crippen LogP contribution in [-0.2, 0) is 0 Å². The van der Waals surface area contributed by atoms with Crippen molar-refractivity contribution < 1.29 is 5.11 Å². The van der Waals surface area contributed by atoms with Crippen molar-refractivity contribution in [3.8, 4) is 0 Å². The highest BCUT2D eigenvalue weighted by Crippen LogP contribution is 2.43. The van der Waals surface area contributed by atoms with Crippen LogP contribution in [0.1, 0.15) is 12.5 Å². The number of rotatable bonds is 2. The smallest absolute Gasteiger partial charge is 0.280 e. The van der Waals surface area contributed by atoms with Gasteiger partial charge in [-0.1, -0.05) is 0 Å². The van der Waals surface area contributed by atoms with E-state index in [-0.39, 0.29) is 35.6 Å². The third-order valence-corrected chi connectivity index (χ3v) is 2.93. The Morgan fingerprint density at radius 2 is 2.50 bits per heavy atom. The number of nitrogens with one attached hydrogen (secondary N) is 1. The van der Waals surface area contributed by atoms with Crippen molar-refractivity contribution in [2.75, 3.05) is 12.3 Å². The molecule has 2 aromatic heterocycles. The molecule has 7 heteroatoms. The number of anilines is 1. The standard InChI is InChI=1S/C9H11N5O2/c10-9-12-7-6(8(16)13-9)11-3-14(7)5-1-4(5)2-15/h3-5,15H,1-2H2,(H3,10,12,13,16).